The van der Waals surface area contributed by atoms with Crippen LogP contribution in [0.15, 0.2) is 24.4 Å². The van der Waals surface area contributed by atoms with Gasteiger partial charge in [-0.05, 0) is 38.8 Å². The first-order valence-corrected chi connectivity index (χ1v) is 8.02. The summed E-state index contributed by atoms with van der Waals surface area (Å²) in [5.74, 6) is 1.09. The summed E-state index contributed by atoms with van der Waals surface area (Å²) in [4.78, 5) is 18.8. The Bertz CT molecular complexity index is 709. The van der Waals surface area contributed by atoms with Crippen LogP contribution in [-0.2, 0) is 7.05 Å². The van der Waals surface area contributed by atoms with Crippen molar-refractivity contribution in [3.05, 3.63) is 41.3 Å². The van der Waals surface area contributed by atoms with Crippen molar-refractivity contribution in [2.75, 3.05) is 18.0 Å². The van der Waals surface area contributed by atoms with E-state index >= 15 is 0 Å². The van der Waals surface area contributed by atoms with Gasteiger partial charge in [0.1, 0.15) is 5.82 Å². The summed E-state index contributed by atoms with van der Waals surface area (Å²) in [6.45, 7) is 5.71. The van der Waals surface area contributed by atoms with Crippen LogP contribution in [0.4, 0.5) is 5.82 Å². The molecule has 1 fully saturated rings. The van der Waals surface area contributed by atoms with Crippen molar-refractivity contribution in [2.45, 2.75) is 32.7 Å². The lowest BCUT2D eigenvalue weighted by Gasteiger charge is -2.34. The molecule has 0 spiro atoms. The minimum atomic E-state index is -0.0245. The van der Waals surface area contributed by atoms with Crippen LogP contribution in [-0.4, -0.2) is 39.8 Å². The van der Waals surface area contributed by atoms with Gasteiger partial charge >= 0.3 is 0 Å². The lowest BCUT2D eigenvalue weighted by molar-refractivity contribution is 0.0933. The molecule has 0 radical (unpaired) electrons. The quantitative estimate of drug-likeness (QED) is 0.939. The molecule has 23 heavy (non-hydrogen) atoms. The Labute approximate surface area is 136 Å². The number of hydrogen-bond acceptors (Lipinski definition) is 4. The van der Waals surface area contributed by atoms with Crippen LogP contribution in [0.5, 0.6) is 0 Å². The Kier molecular flexibility index (Phi) is 4.32. The molecule has 1 amide bonds. The maximum Gasteiger partial charge on any atom is 0.251 e. The number of pyridine rings is 1. The van der Waals surface area contributed by atoms with Crippen LogP contribution in [0, 0.1) is 13.8 Å². The van der Waals surface area contributed by atoms with Crippen molar-refractivity contribution in [3.8, 4) is 0 Å². The standard InChI is InChI=1S/C17H23N5O/c1-12-9-14(6-7-18-12)17(23)19-15-5-4-8-22(11-15)16-10-13(2)20-21(16)3/h6-7,9-10,15H,4-5,8,11H2,1-3H3,(H,19,23)/t15-/m0/s1. The van der Waals surface area contributed by atoms with Crippen LogP contribution in [0.2, 0.25) is 0 Å². The second kappa shape index (κ2) is 6.40. The molecule has 0 bridgehead atoms. The molecule has 1 N–H and O–H groups in total. The molecular weight excluding hydrogens is 290 g/mol. The molecule has 1 aliphatic heterocycles. The molecule has 3 heterocycles. The van der Waals surface area contributed by atoms with E-state index in [9.17, 15) is 4.79 Å². The van der Waals surface area contributed by atoms with Crippen LogP contribution >= 0.6 is 0 Å². The van der Waals surface area contributed by atoms with Crippen LogP contribution in [0.25, 0.3) is 0 Å². The molecule has 0 unspecified atom stereocenters. The fraction of sp³-hybridized carbons (Fsp3) is 0.471. The molecule has 2 aromatic rings. The SMILES string of the molecule is Cc1cc(C(=O)N[C@H]2CCCN(c3cc(C)nn3C)C2)ccn1. The van der Waals surface area contributed by atoms with Crippen molar-refractivity contribution in [1.29, 1.82) is 0 Å². The van der Waals surface area contributed by atoms with E-state index in [1.165, 1.54) is 0 Å². The first kappa shape index (κ1) is 15.5. The van der Waals surface area contributed by atoms with Crippen molar-refractivity contribution in [2.24, 2.45) is 7.05 Å². The van der Waals surface area contributed by atoms with Gasteiger partial charge in [0, 0.05) is 49.7 Å². The van der Waals surface area contributed by atoms with Crippen molar-refractivity contribution in [1.82, 2.24) is 20.1 Å². The molecule has 0 aliphatic carbocycles. The first-order chi connectivity index (χ1) is 11.0. The summed E-state index contributed by atoms with van der Waals surface area (Å²) in [6, 6.07) is 5.82. The number of amides is 1. The Morgan fingerprint density at radius 3 is 2.83 bits per heavy atom. The molecule has 6 heteroatoms. The molecular formula is C17H23N5O. The molecule has 1 atom stereocenters. The monoisotopic (exact) mass is 313 g/mol. The van der Waals surface area contributed by atoms with E-state index in [2.05, 4.69) is 26.4 Å². The van der Waals surface area contributed by atoms with Gasteiger partial charge in [-0.25, -0.2) is 0 Å². The number of piperidine rings is 1. The van der Waals surface area contributed by atoms with Gasteiger partial charge in [-0.1, -0.05) is 0 Å². The van der Waals surface area contributed by atoms with Gasteiger partial charge in [-0.3, -0.25) is 14.5 Å². The number of nitrogens with zero attached hydrogens (tertiary/aromatic N) is 4. The number of nitrogens with one attached hydrogen (secondary N) is 1. The predicted molar refractivity (Wildman–Crippen MR) is 89.6 cm³/mol. The molecule has 1 saturated heterocycles. The third-order valence-electron chi connectivity index (χ3n) is 4.22. The number of aryl methyl sites for hydroxylation is 3. The minimum absolute atomic E-state index is 0.0245. The second-order valence-electron chi connectivity index (χ2n) is 6.21. The minimum Gasteiger partial charge on any atom is -0.355 e. The molecule has 1 aliphatic rings. The van der Waals surface area contributed by atoms with E-state index in [1.807, 2.05) is 31.6 Å². The third-order valence-corrected chi connectivity index (χ3v) is 4.22. The maximum atomic E-state index is 12.4. The van der Waals surface area contributed by atoms with Gasteiger partial charge in [0.15, 0.2) is 0 Å². The summed E-state index contributed by atoms with van der Waals surface area (Å²) in [5, 5.41) is 7.56. The normalized spacial score (nSPS) is 18.0. The summed E-state index contributed by atoms with van der Waals surface area (Å²) in [5.41, 5.74) is 2.54. The van der Waals surface area contributed by atoms with Crippen molar-refractivity contribution in [3.63, 3.8) is 0 Å². The first-order valence-electron chi connectivity index (χ1n) is 8.02. The Balaban J connectivity index is 1.67. The number of rotatable bonds is 3. The van der Waals surface area contributed by atoms with Crippen molar-refractivity contribution < 1.29 is 4.79 Å². The summed E-state index contributed by atoms with van der Waals surface area (Å²) >= 11 is 0. The number of anilines is 1. The Hall–Kier alpha value is -2.37. The largest absolute Gasteiger partial charge is 0.355 e. The van der Waals surface area contributed by atoms with E-state index in [1.54, 1.807) is 12.3 Å². The summed E-state index contributed by atoms with van der Waals surface area (Å²) in [6.07, 6.45) is 3.74. The Morgan fingerprint density at radius 2 is 2.13 bits per heavy atom. The van der Waals surface area contributed by atoms with Gasteiger partial charge in [-0.15, -0.1) is 0 Å². The highest BCUT2D eigenvalue weighted by molar-refractivity contribution is 5.94. The van der Waals surface area contributed by atoms with E-state index in [0.717, 1.165) is 43.1 Å². The van der Waals surface area contributed by atoms with E-state index in [-0.39, 0.29) is 11.9 Å². The smallest absolute Gasteiger partial charge is 0.251 e. The lowest BCUT2D eigenvalue weighted by Crippen LogP contribution is -2.48. The molecule has 2 aromatic heterocycles. The Morgan fingerprint density at radius 1 is 1.30 bits per heavy atom. The average molecular weight is 313 g/mol. The van der Waals surface area contributed by atoms with Gasteiger partial charge < -0.3 is 10.2 Å². The highest BCUT2D eigenvalue weighted by atomic mass is 16.1. The fourth-order valence-electron chi connectivity index (χ4n) is 3.15. The zero-order chi connectivity index (χ0) is 16.4. The lowest BCUT2D eigenvalue weighted by atomic mass is 10.0. The van der Waals surface area contributed by atoms with E-state index in [4.69, 9.17) is 0 Å². The molecule has 122 valence electrons. The summed E-state index contributed by atoms with van der Waals surface area (Å²) < 4.78 is 1.91. The van der Waals surface area contributed by atoms with Gasteiger partial charge in [-0.2, -0.15) is 5.10 Å². The highest BCUT2D eigenvalue weighted by Crippen LogP contribution is 2.20. The topological polar surface area (TPSA) is 63.1 Å². The predicted octanol–water partition coefficient (Wildman–Crippen LogP) is 1.83. The third kappa shape index (κ3) is 3.52. The molecule has 6 nitrogen and oxygen atoms in total. The summed E-state index contributed by atoms with van der Waals surface area (Å²) in [7, 11) is 1.96. The maximum absolute atomic E-state index is 12.4. The number of aromatic nitrogens is 3. The number of carbonyl (C=O) groups excluding carboxylic acids is 1. The van der Waals surface area contributed by atoms with Crippen LogP contribution < -0.4 is 10.2 Å². The number of hydrogen-bond donors (Lipinski definition) is 1. The van der Waals surface area contributed by atoms with Crippen LogP contribution in [0.3, 0.4) is 0 Å². The fourth-order valence-corrected chi connectivity index (χ4v) is 3.15. The number of carbonyl (C=O) groups is 1. The average Bonchev–Trinajstić information content (AvgIpc) is 2.86. The zero-order valence-corrected chi connectivity index (χ0v) is 13.9. The van der Waals surface area contributed by atoms with Crippen molar-refractivity contribution >= 4 is 11.7 Å². The van der Waals surface area contributed by atoms with E-state index in [0.29, 0.717) is 5.56 Å². The van der Waals surface area contributed by atoms with Gasteiger partial charge in [0.25, 0.3) is 5.91 Å². The molecule has 0 aromatic carbocycles. The van der Waals surface area contributed by atoms with Gasteiger partial charge in [0.05, 0.1) is 5.69 Å². The van der Waals surface area contributed by atoms with E-state index < -0.39 is 0 Å². The second-order valence-corrected chi connectivity index (χ2v) is 6.21. The highest BCUT2D eigenvalue weighted by Gasteiger charge is 2.24. The molecule has 3 rings (SSSR count). The van der Waals surface area contributed by atoms with Gasteiger partial charge in [0.2, 0.25) is 0 Å². The van der Waals surface area contributed by atoms with Crippen LogP contribution in [0.1, 0.15) is 34.6 Å². The zero-order valence-electron chi connectivity index (χ0n) is 13.9. The molecule has 0 saturated carbocycles.